The monoisotopic (exact) mass is 732 g/mol. The van der Waals surface area contributed by atoms with Gasteiger partial charge in [0.2, 0.25) is 0 Å². The van der Waals surface area contributed by atoms with Crippen LogP contribution in [0.25, 0.3) is 33.8 Å². The molecule has 16 nitrogen and oxygen atoms in total. The van der Waals surface area contributed by atoms with E-state index in [0.717, 1.165) is 75.9 Å². The summed E-state index contributed by atoms with van der Waals surface area (Å²) < 4.78 is 46.1. The molecule has 1 N–H and O–H groups in total. The smallest absolute Gasteiger partial charge is 0.198 e. The highest BCUT2D eigenvalue weighted by molar-refractivity contribution is 7.90. The van der Waals surface area contributed by atoms with Crippen LogP contribution >= 0.6 is 11.5 Å². The van der Waals surface area contributed by atoms with Crippen LogP contribution in [0, 0.1) is 6.92 Å². The van der Waals surface area contributed by atoms with Crippen LogP contribution in [0.4, 0.5) is 10.8 Å². The molecule has 0 aromatic carbocycles. The molecule has 0 bridgehead atoms. The molecular formula is C33H40N12O4S2. The number of rotatable bonds is 13. The first kappa shape index (κ1) is 35.8. The molecule has 7 heterocycles. The molecule has 0 atom stereocenters. The average Bonchev–Trinajstić information content (AvgIpc) is 3.93. The first-order valence-corrected chi connectivity index (χ1v) is 18.8. The second-order valence-corrected chi connectivity index (χ2v) is 14.8. The van der Waals surface area contributed by atoms with E-state index < -0.39 is 9.84 Å². The third-order valence-corrected chi connectivity index (χ3v) is 9.61. The average molecular weight is 733 g/mol. The maximum absolute atomic E-state index is 12.1. The van der Waals surface area contributed by atoms with Gasteiger partial charge in [0.15, 0.2) is 32.0 Å². The van der Waals surface area contributed by atoms with Crippen molar-refractivity contribution in [3.05, 3.63) is 72.7 Å². The van der Waals surface area contributed by atoms with Crippen LogP contribution in [0.5, 0.6) is 0 Å². The van der Waals surface area contributed by atoms with Crippen molar-refractivity contribution in [3.8, 4) is 22.5 Å². The van der Waals surface area contributed by atoms with E-state index in [1.807, 2.05) is 64.3 Å². The van der Waals surface area contributed by atoms with E-state index in [2.05, 4.69) is 39.2 Å². The van der Waals surface area contributed by atoms with Crippen molar-refractivity contribution in [1.29, 1.82) is 0 Å². The number of nitrogens with one attached hydrogen (secondary N) is 1. The van der Waals surface area contributed by atoms with E-state index in [-0.39, 0.29) is 5.03 Å². The molecular weight excluding hydrogens is 693 g/mol. The molecule has 0 saturated carbocycles. The normalized spacial score (nSPS) is 11.7. The Balaban J connectivity index is 0.000000177. The van der Waals surface area contributed by atoms with Crippen LogP contribution in [0.1, 0.15) is 29.9 Å². The molecule has 7 aromatic heterocycles. The first-order valence-electron chi connectivity index (χ1n) is 16.1. The van der Waals surface area contributed by atoms with Crippen LogP contribution in [0.15, 0.2) is 60.7 Å². The molecule has 0 aliphatic carbocycles. The molecule has 268 valence electrons. The van der Waals surface area contributed by atoms with Crippen LogP contribution in [-0.2, 0) is 46.2 Å². The highest BCUT2D eigenvalue weighted by Gasteiger charge is 2.20. The molecule has 0 aliphatic rings. The fourth-order valence-electron chi connectivity index (χ4n) is 5.49. The summed E-state index contributed by atoms with van der Waals surface area (Å²) in [5, 5.41) is 12.8. The molecule has 0 amide bonds. The van der Waals surface area contributed by atoms with E-state index in [1.54, 1.807) is 40.4 Å². The summed E-state index contributed by atoms with van der Waals surface area (Å²) in [6.45, 7) is 3.27. The number of nitrogens with zero attached hydrogens (tertiary/aromatic N) is 11. The van der Waals surface area contributed by atoms with Crippen molar-refractivity contribution in [2.24, 2.45) is 14.1 Å². The maximum Gasteiger partial charge on any atom is 0.198 e. The number of ether oxygens (including phenoxy) is 2. The predicted molar refractivity (Wildman–Crippen MR) is 194 cm³/mol. The van der Waals surface area contributed by atoms with Crippen LogP contribution < -0.4 is 5.32 Å². The van der Waals surface area contributed by atoms with Crippen LogP contribution in [0.2, 0.25) is 0 Å². The Labute approximate surface area is 299 Å². The summed E-state index contributed by atoms with van der Waals surface area (Å²) in [5.74, 6) is 0.726. The van der Waals surface area contributed by atoms with Gasteiger partial charge < -0.3 is 14.8 Å². The highest BCUT2D eigenvalue weighted by atomic mass is 32.2. The zero-order chi connectivity index (χ0) is 36.1. The number of aryl methyl sites for hydroxylation is 5. The molecule has 0 radical (unpaired) electrons. The Bertz CT molecular complexity index is 2370. The Morgan fingerprint density at radius 1 is 0.784 bits per heavy atom. The number of hydrogen-bond donors (Lipinski definition) is 1. The molecule has 0 fully saturated rings. The fraction of sp³-hybridized carbons (Fsp3) is 0.364. The summed E-state index contributed by atoms with van der Waals surface area (Å²) in [5.41, 5.74) is 7.37. The van der Waals surface area contributed by atoms with Crippen LogP contribution in [-0.4, -0.2) is 94.8 Å². The lowest BCUT2D eigenvalue weighted by atomic mass is 10.2. The first-order chi connectivity index (χ1) is 24.5. The molecule has 0 aliphatic heterocycles. The molecule has 0 unspecified atom stereocenters. The predicted octanol–water partition coefficient (Wildman–Crippen LogP) is 4.33. The lowest BCUT2D eigenvalue weighted by Gasteiger charge is -2.09. The molecule has 7 rings (SSSR count). The zero-order valence-corrected chi connectivity index (χ0v) is 30.9. The lowest BCUT2D eigenvalue weighted by molar-refractivity contribution is 0.195. The van der Waals surface area contributed by atoms with Gasteiger partial charge in [0.05, 0.1) is 53.3 Å². The summed E-state index contributed by atoms with van der Waals surface area (Å²) >= 11 is 1.42. The van der Waals surface area contributed by atoms with Crippen molar-refractivity contribution in [2.45, 2.75) is 37.6 Å². The highest BCUT2D eigenvalue weighted by Crippen LogP contribution is 2.28. The third kappa shape index (κ3) is 8.30. The van der Waals surface area contributed by atoms with Gasteiger partial charge in [-0.25, -0.2) is 28.4 Å². The van der Waals surface area contributed by atoms with Crippen molar-refractivity contribution < 1.29 is 17.9 Å². The van der Waals surface area contributed by atoms with Crippen molar-refractivity contribution in [1.82, 2.24) is 52.7 Å². The van der Waals surface area contributed by atoms with Gasteiger partial charge in [0.25, 0.3) is 0 Å². The van der Waals surface area contributed by atoms with Crippen molar-refractivity contribution in [3.63, 3.8) is 0 Å². The Morgan fingerprint density at radius 2 is 1.33 bits per heavy atom. The van der Waals surface area contributed by atoms with Gasteiger partial charge in [-0.05, 0) is 50.2 Å². The van der Waals surface area contributed by atoms with E-state index in [1.165, 1.54) is 11.5 Å². The fourth-order valence-corrected chi connectivity index (χ4v) is 6.91. The third-order valence-electron chi connectivity index (χ3n) is 7.84. The summed E-state index contributed by atoms with van der Waals surface area (Å²) in [4.78, 5) is 18.0. The number of aromatic nitrogens is 11. The van der Waals surface area contributed by atoms with E-state index in [0.29, 0.717) is 31.0 Å². The molecule has 7 aromatic rings. The molecule has 51 heavy (non-hydrogen) atoms. The van der Waals surface area contributed by atoms with Gasteiger partial charge in [0.1, 0.15) is 5.00 Å². The van der Waals surface area contributed by atoms with E-state index in [4.69, 9.17) is 14.5 Å². The Hall–Kier alpha value is -5.04. The van der Waals surface area contributed by atoms with Gasteiger partial charge in [-0.1, -0.05) is 0 Å². The largest absolute Gasteiger partial charge is 0.385 e. The van der Waals surface area contributed by atoms with Gasteiger partial charge in [-0.15, -0.1) is 0 Å². The van der Waals surface area contributed by atoms with Gasteiger partial charge >= 0.3 is 0 Å². The lowest BCUT2D eigenvalue weighted by Crippen LogP contribution is -2.08. The number of imidazole rings is 2. The molecule has 18 heteroatoms. The minimum absolute atomic E-state index is 0.00689. The number of fused-ring (bicyclic) bond motifs is 2. The van der Waals surface area contributed by atoms with Crippen molar-refractivity contribution in [2.75, 3.05) is 39.0 Å². The van der Waals surface area contributed by atoms with E-state index >= 15 is 0 Å². The van der Waals surface area contributed by atoms with Gasteiger partial charge in [-0.3, -0.25) is 18.2 Å². The molecule has 0 spiro atoms. The van der Waals surface area contributed by atoms with Gasteiger partial charge in [-0.2, -0.15) is 14.6 Å². The van der Waals surface area contributed by atoms with Crippen molar-refractivity contribution >= 4 is 43.5 Å². The number of methoxy groups -OCH3 is 2. The molecule has 0 saturated heterocycles. The Morgan fingerprint density at radius 3 is 1.82 bits per heavy atom. The standard InChI is InChI=1S/C18H21N7OS.C15H19N5O3S/c1-12-7-16(27-23-12)22-17-18-19-9-15(13-8-20-24(2)10-13)25(18)11-14(21-17)5-4-6-26-3;1-19-9-11(7-17-19)13-8-16-14-15(24(3,21)22)18-12(10-20(13)14)5-4-6-23-2/h7-11H,4-6H2,1-3H3,(H,21,22);7-10H,4-6H2,1-3H3. The minimum Gasteiger partial charge on any atom is -0.385 e. The summed E-state index contributed by atoms with van der Waals surface area (Å²) in [6, 6.07) is 2.01. The maximum atomic E-state index is 12.1. The minimum atomic E-state index is -3.49. The second-order valence-electron chi connectivity index (χ2n) is 12.0. The summed E-state index contributed by atoms with van der Waals surface area (Å²) in [6.07, 6.45) is 19.0. The summed E-state index contributed by atoms with van der Waals surface area (Å²) in [7, 11) is 3.59. The topological polar surface area (TPSA) is 174 Å². The SMILES string of the molecule is COCCCc1cn2c(-c3cnn(C)c3)cnc2c(Nc2cc(C)ns2)n1.COCCCc1cn2c(-c3cnn(C)c3)cnc2c(S(C)(=O)=O)n1. The Kier molecular flexibility index (Phi) is 10.8. The number of anilines is 2. The second kappa shape index (κ2) is 15.5. The van der Waals surface area contributed by atoms with E-state index in [9.17, 15) is 8.42 Å². The zero-order valence-electron chi connectivity index (χ0n) is 29.3. The number of sulfone groups is 1. The number of hydrogen-bond acceptors (Lipinski definition) is 13. The van der Waals surface area contributed by atoms with Gasteiger partial charge in [0, 0.05) is 83.7 Å². The van der Waals surface area contributed by atoms with Crippen LogP contribution in [0.3, 0.4) is 0 Å². The quantitative estimate of drug-likeness (QED) is 0.167.